The largest absolute Gasteiger partial charge is 0.199 e. The van der Waals surface area contributed by atoms with E-state index in [9.17, 15) is 0 Å². The Bertz CT molecular complexity index is 198. The van der Waals surface area contributed by atoms with Crippen molar-refractivity contribution in [2.24, 2.45) is 4.99 Å². The molecule has 1 rings (SSSR count). The second-order valence-electron chi connectivity index (χ2n) is 1.05. The van der Waals surface area contributed by atoms with Crippen LogP contribution in [0.1, 0.15) is 0 Å². The normalized spacial score (nSPS) is 8.00. The molecule has 0 fully saturated rings. The maximum Gasteiger partial charge on any atom is 0.147 e. The van der Waals surface area contributed by atoms with E-state index in [4.69, 9.17) is 0 Å². The van der Waals surface area contributed by atoms with E-state index >= 15 is 0 Å². The van der Waals surface area contributed by atoms with Gasteiger partial charge in [-0.2, -0.15) is 9.37 Å². The van der Waals surface area contributed by atoms with Crippen LogP contribution in [0.2, 0.25) is 0 Å². The van der Waals surface area contributed by atoms with Crippen molar-refractivity contribution >= 4 is 33.9 Å². The smallest absolute Gasteiger partial charge is 0.147 e. The molecular weight excluding hydrogens is 140 g/mol. The highest BCUT2D eigenvalue weighted by Gasteiger charge is 1.83. The molecule has 0 unspecified atom stereocenters. The highest BCUT2D eigenvalue weighted by Crippen LogP contribution is 2.13. The molecule has 40 valence electrons. The van der Waals surface area contributed by atoms with Crippen LogP contribution >= 0.6 is 23.8 Å². The molecular formula is C4H2N2S2. The SMILES string of the molecule is S=C=Nc1ccns1. The minimum Gasteiger partial charge on any atom is -0.199 e. The molecule has 0 bridgehead atoms. The van der Waals surface area contributed by atoms with Gasteiger partial charge in [0.2, 0.25) is 0 Å². The minimum absolute atomic E-state index is 0.806. The molecule has 0 saturated carbocycles. The number of rotatable bonds is 1. The first-order valence-corrected chi connectivity index (χ1v) is 3.10. The van der Waals surface area contributed by atoms with Crippen LogP contribution in [0.15, 0.2) is 17.3 Å². The fourth-order valence-corrected chi connectivity index (χ4v) is 0.906. The maximum absolute atomic E-state index is 4.36. The molecule has 1 aromatic rings. The molecule has 0 aromatic carbocycles. The van der Waals surface area contributed by atoms with Crippen LogP contribution in [0.3, 0.4) is 0 Å². The zero-order valence-corrected chi connectivity index (χ0v) is 5.50. The number of hydrogen-bond donors (Lipinski definition) is 0. The van der Waals surface area contributed by atoms with Gasteiger partial charge >= 0.3 is 0 Å². The Morgan fingerprint density at radius 1 is 1.88 bits per heavy atom. The van der Waals surface area contributed by atoms with E-state index in [0.29, 0.717) is 0 Å². The van der Waals surface area contributed by atoms with Crippen LogP contribution in [-0.4, -0.2) is 9.53 Å². The lowest BCUT2D eigenvalue weighted by Crippen LogP contribution is -1.41. The van der Waals surface area contributed by atoms with Crippen molar-refractivity contribution in [3.05, 3.63) is 12.3 Å². The molecule has 0 N–H and O–H groups in total. The number of nitrogens with zero attached hydrogens (tertiary/aromatic N) is 2. The zero-order valence-electron chi connectivity index (χ0n) is 3.87. The standard InChI is InChI=1S/C4H2N2S2/c7-3-5-4-1-2-6-8-4/h1-2H. The van der Waals surface area contributed by atoms with Gasteiger partial charge in [0.1, 0.15) is 5.00 Å². The Balaban J connectivity index is 2.93. The quantitative estimate of drug-likeness (QED) is 0.442. The van der Waals surface area contributed by atoms with E-state index < -0.39 is 0 Å². The van der Waals surface area contributed by atoms with Crippen molar-refractivity contribution in [2.75, 3.05) is 0 Å². The first kappa shape index (κ1) is 5.56. The number of aromatic nitrogens is 1. The Hall–Kier alpha value is -0.570. The number of aliphatic imine (C=N–C) groups is 1. The van der Waals surface area contributed by atoms with Crippen LogP contribution in [0.25, 0.3) is 0 Å². The van der Waals surface area contributed by atoms with E-state index in [1.807, 2.05) is 0 Å². The van der Waals surface area contributed by atoms with Crippen LogP contribution in [0.4, 0.5) is 5.00 Å². The van der Waals surface area contributed by atoms with Crippen LogP contribution in [0, 0.1) is 0 Å². The molecule has 0 aliphatic rings. The van der Waals surface area contributed by atoms with E-state index in [2.05, 4.69) is 26.7 Å². The summed E-state index contributed by atoms with van der Waals surface area (Å²) in [7, 11) is 0. The molecule has 0 amide bonds. The van der Waals surface area contributed by atoms with Gasteiger partial charge in [-0.3, -0.25) is 0 Å². The fourth-order valence-electron chi connectivity index (χ4n) is 0.312. The Morgan fingerprint density at radius 2 is 2.75 bits per heavy atom. The monoisotopic (exact) mass is 142 g/mol. The molecule has 4 heteroatoms. The lowest BCUT2D eigenvalue weighted by Gasteiger charge is -1.68. The summed E-state index contributed by atoms with van der Waals surface area (Å²) in [5, 5.41) is 3.05. The summed E-state index contributed by atoms with van der Waals surface area (Å²) in [6, 6.07) is 1.78. The topological polar surface area (TPSA) is 25.2 Å². The van der Waals surface area contributed by atoms with Gasteiger partial charge in [-0.1, -0.05) is 0 Å². The molecule has 1 aromatic heterocycles. The second kappa shape index (κ2) is 2.67. The molecule has 2 nitrogen and oxygen atoms in total. The summed E-state index contributed by atoms with van der Waals surface area (Å²) >= 11 is 5.66. The second-order valence-corrected chi connectivity index (χ2v) is 2.05. The van der Waals surface area contributed by atoms with E-state index in [0.717, 1.165) is 5.00 Å². The predicted octanol–water partition coefficient (Wildman–Crippen LogP) is 1.88. The summed E-state index contributed by atoms with van der Waals surface area (Å²) in [6.45, 7) is 0. The molecule has 0 aliphatic carbocycles. The first-order valence-electron chi connectivity index (χ1n) is 1.92. The van der Waals surface area contributed by atoms with Crippen LogP contribution < -0.4 is 0 Å². The lowest BCUT2D eigenvalue weighted by atomic mass is 10.7. The predicted molar refractivity (Wildman–Crippen MR) is 36.8 cm³/mol. The Morgan fingerprint density at radius 3 is 3.25 bits per heavy atom. The van der Waals surface area contributed by atoms with E-state index in [1.54, 1.807) is 12.3 Å². The van der Waals surface area contributed by atoms with Gasteiger partial charge < -0.3 is 0 Å². The molecule has 8 heavy (non-hydrogen) atoms. The van der Waals surface area contributed by atoms with Gasteiger partial charge in [0.05, 0.1) is 5.16 Å². The molecule has 1 heterocycles. The Kier molecular flexibility index (Phi) is 1.86. The molecule has 0 aliphatic heterocycles. The van der Waals surface area contributed by atoms with Crippen LogP contribution in [-0.2, 0) is 0 Å². The van der Waals surface area contributed by atoms with Gasteiger partial charge in [-0.25, -0.2) is 0 Å². The van der Waals surface area contributed by atoms with Gasteiger partial charge in [0.15, 0.2) is 0 Å². The average Bonchev–Trinajstić information content (AvgIpc) is 2.19. The summed E-state index contributed by atoms with van der Waals surface area (Å²) < 4.78 is 3.80. The molecule has 0 spiro atoms. The van der Waals surface area contributed by atoms with Crippen molar-refractivity contribution in [2.45, 2.75) is 0 Å². The van der Waals surface area contributed by atoms with Crippen molar-refractivity contribution in [1.82, 2.24) is 4.37 Å². The highest BCUT2D eigenvalue weighted by molar-refractivity contribution is 7.78. The minimum atomic E-state index is 0.806. The Labute approximate surface area is 56.1 Å². The highest BCUT2D eigenvalue weighted by atomic mass is 32.1. The maximum atomic E-state index is 4.36. The van der Waals surface area contributed by atoms with Gasteiger partial charge in [-0.15, -0.1) is 0 Å². The summed E-state index contributed by atoms with van der Waals surface area (Å²) in [4.78, 5) is 3.69. The van der Waals surface area contributed by atoms with Crippen molar-refractivity contribution in [3.63, 3.8) is 0 Å². The number of isothiocyanates is 1. The summed E-state index contributed by atoms with van der Waals surface area (Å²) in [6.07, 6.45) is 1.68. The average molecular weight is 142 g/mol. The fraction of sp³-hybridized carbons (Fsp3) is 0. The molecule has 0 saturated heterocycles. The zero-order chi connectivity index (χ0) is 5.82. The third-order valence-electron chi connectivity index (χ3n) is 0.580. The number of thiocarbonyl (C=S) groups is 1. The third kappa shape index (κ3) is 1.20. The first-order chi connectivity index (χ1) is 3.93. The number of hydrogen-bond acceptors (Lipinski definition) is 4. The molecule has 0 atom stereocenters. The lowest BCUT2D eigenvalue weighted by molar-refractivity contribution is 1.58. The van der Waals surface area contributed by atoms with Gasteiger partial charge in [0, 0.05) is 6.20 Å². The van der Waals surface area contributed by atoms with Crippen molar-refractivity contribution in [3.8, 4) is 0 Å². The van der Waals surface area contributed by atoms with Crippen LogP contribution in [0.5, 0.6) is 0 Å². The van der Waals surface area contributed by atoms with Gasteiger partial charge in [-0.05, 0) is 29.8 Å². The van der Waals surface area contributed by atoms with E-state index in [-0.39, 0.29) is 0 Å². The third-order valence-corrected chi connectivity index (χ3v) is 1.31. The summed E-state index contributed by atoms with van der Waals surface area (Å²) in [5.74, 6) is 0. The van der Waals surface area contributed by atoms with Gasteiger partial charge in [0.25, 0.3) is 0 Å². The van der Waals surface area contributed by atoms with Crippen molar-refractivity contribution in [1.29, 1.82) is 0 Å². The summed E-state index contributed by atoms with van der Waals surface area (Å²) in [5.41, 5.74) is 0. The van der Waals surface area contributed by atoms with E-state index in [1.165, 1.54) is 11.5 Å². The molecule has 0 radical (unpaired) electrons. The van der Waals surface area contributed by atoms with Crippen molar-refractivity contribution < 1.29 is 0 Å².